The Kier molecular flexibility index (Phi) is 6.68. The molecule has 120 valence electrons. The van der Waals surface area contributed by atoms with Crippen molar-refractivity contribution >= 4 is 0 Å². The van der Waals surface area contributed by atoms with E-state index in [-0.39, 0.29) is 12.6 Å². The van der Waals surface area contributed by atoms with Crippen molar-refractivity contribution < 1.29 is 17.9 Å². The number of benzene rings is 1. The molecule has 0 aliphatic carbocycles. The smallest absolute Gasteiger partial charge is 0.370 e. The first-order valence-electron chi connectivity index (χ1n) is 7.20. The molecule has 0 aliphatic rings. The Bertz CT molecular complexity index is 434. The normalized spacial score (nSPS) is 13.5. The highest BCUT2D eigenvalue weighted by molar-refractivity contribution is 5.39. The summed E-state index contributed by atoms with van der Waals surface area (Å²) in [4.78, 5) is 0. The zero-order valence-electron chi connectivity index (χ0n) is 13.1. The molecular formula is C16H24F3NO. The number of nitrogens with one attached hydrogen (secondary N) is 1. The summed E-state index contributed by atoms with van der Waals surface area (Å²) in [6, 6.07) is 3.88. The fraction of sp³-hybridized carbons (Fsp3) is 0.625. The van der Waals surface area contributed by atoms with Gasteiger partial charge in [-0.05, 0) is 50.4 Å². The molecule has 1 aromatic carbocycles. The molecule has 1 atom stereocenters. The lowest BCUT2D eigenvalue weighted by atomic mass is 9.94. The van der Waals surface area contributed by atoms with E-state index in [9.17, 15) is 13.2 Å². The summed E-state index contributed by atoms with van der Waals surface area (Å²) in [6.07, 6.45) is -3.37. The first-order valence-corrected chi connectivity index (χ1v) is 7.20. The van der Waals surface area contributed by atoms with Crippen molar-refractivity contribution in [1.82, 2.24) is 5.32 Å². The van der Waals surface area contributed by atoms with Gasteiger partial charge in [-0.3, -0.25) is 0 Å². The lowest BCUT2D eigenvalue weighted by Gasteiger charge is -2.24. The maximum Gasteiger partial charge on any atom is 0.411 e. The predicted octanol–water partition coefficient (Wildman–Crippen LogP) is 4.23. The number of hydrogen-bond acceptors (Lipinski definition) is 2. The summed E-state index contributed by atoms with van der Waals surface area (Å²) in [5.74, 6) is 0. The highest BCUT2D eigenvalue weighted by atomic mass is 19.4. The third-order valence-corrected chi connectivity index (χ3v) is 3.28. The average molecular weight is 303 g/mol. The second-order valence-corrected chi connectivity index (χ2v) is 5.45. The van der Waals surface area contributed by atoms with E-state index in [2.05, 4.69) is 5.32 Å². The van der Waals surface area contributed by atoms with Crippen LogP contribution >= 0.6 is 0 Å². The second-order valence-electron chi connectivity index (χ2n) is 5.45. The van der Waals surface area contributed by atoms with Crippen molar-refractivity contribution in [2.75, 3.05) is 19.8 Å². The van der Waals surface area contributed by atoms with Gasteiger partial charge in [-0.25, -0.2) is 0 Å². The fourth-order valence-corrected chi connectivity index (χ4v) is 2.60. The molecule has 5 heteroatoms. The number of alkyl halides is 3. The number of hydrogen-bond donors (Lipinski definition) is 1. The van der Waals surface area contributed by atoms with E-state index in [1.165, 1.54) is 0 Å². The summed E-state index contributed by atoms with van der Waals surface area (Å²) < 4.78 is 41.5. The fourth-order valence-electron chi connectivity index (χ4n) is 2.60. The summed E-state index contributed by atoms with van der Waals surface area (Å²) in [5.41, 5.74) is 4.35. The largest absolute Gasteiger partial charge is 0.411 e. The molecule has 1 aromatic rings. The van der Waals surface area contributed by atoms with Gasteiger partial charge < -0.3 is 10.1 Å². The Morgan fingerprint density at radius 1 is 1.14 bits per heavy atom. The molecule has 0 aliphatic heterocycles. The van der Waals surface area contributed by atoms with Crippen LogP contribution in [0, 0.1) is 20.8 Å². The molecule has 0 fully saturated rings. The van der Waals surface area contributed by atoms with Crippen molar-refractivity contribution in [2.45, 2.75) is 46.3 Å². The Morgan fingerprint density at radius 3 is 2.19 bits per heavy atom. The van der Waals surface area contributed by atoms with Crippen molar-refractivity contribution in [1.29, 1.82) is 0 Å². The van der Waals surface area contributed by atoms with E-state index < -0.39 is 12.8 Å². The van der Waals surface area contributed by atoms with Crippen LogP contribution in [0.25, 0.3) is 0 Å². The molecule has 0 heterocycles. The van der Waals surface area contributed by atoms with Crippen LogP contribution in [0.4, 0.5) is 13.2 Å². The third-order valence-electron chi connectivity index (χ3n) is 3.28. The van der Waals surface area contributed by atoms with Gasteiger partial charge in [0.15, 0.2) is 0 Å². The van der Waals surface area contributed by atoms with Crippen LogP contribution in [0.3, 0.4) is 0 Å². The minimum atomic E-state index is -4.29. The average Bonchev–Trinajstić information content (AvgIpc) is 2.32. The molecule has 0 aromatic heterocycles. The highest BCUT2D eigenvalue weighted by Gasteiger charge is 2.28. The minimum Gasteiger partial charge on any atom is -0.370 e. The summed E-state index contributed by atoms with van der Waals surface area (Å²) in [7, 11) is 0. The van der Waals surface area contributed by atoms with Gasteiger partial charge in [-0.15, -0.1) is 0 Å². The molecule has 0 bridgehead atoms. The molecule has 0 spiro atoms. The zero-order chi connectivity index (χ0) is 16.0. The zero-order valence-corrected chi connectivity index (χ0v) is 13.1. The Morgan fingerprint density at radius 2 is 1.71 bits per heavy atom. The number of aryl methyl sites for hydroxylation is 3. The summed E-state index contributed by atoms with van der Waals surface area (Å²) in [5, 5.41) is 3.28. The molecule has 0 amide bonds. The van der Waals surface area contributed by atoms with E-state index in [0.717, 1.165) is 35.2 Å². The Labute approximate surface area is 124 Å². The van der Waals surface area contributed by atoms with Crippen molar-refractivity contribution in [3.8, 4) is 0 Å². The van der Waals surface area contributed by atoms with Crippen LogP contribution in [0.5, 0.6) is 0 Å². The second kappa shape index (κ2) is 7.80. The predicted molar refractivity (Wildman–Crippen MR) is 78.6 cm³/mol. The Balaban J connectivity index is 2.87. The molecule has 0 radical (unpaired) electrons. The maximum atomic E-state index is 12.2. The third kappa shape index (κ3) is 6.06. The van der Waals surface area contributed by atoms with E-state index >= 15 is 0 Å². The van der Waals surface area contributed by atoms with Gasteiger partial charge in [-0.2, -0.15) is 13.2 Å². The van der Waals surface area contributed by atoms with Gasteiger partial charge in [-0.1, -0.05) is 24.6 Å². The SMILES string of the molecule is CCCNC(COCC(F)(F)F)c1c(C)cc(C)cc1C. The van der Waals surface area contributed by atoms with Crippen molar-refractivity contribution in [2.24, 2.45) is 0 Å². The first kappa shape index (κ1) is 18.0. The van der Waals surface area contributed by atoms with Crippen LogP contribution in [0.15, 0.2) is 12.1 Å². The van der Waals surface area contributed by atoms with E-state index in [0.29, 0.717) is 0 Å². The van der Waals surface area contributed by atoms with Crippen LogP contribution in [0.2, 0.25) is 0 Å². The topological polar surface area (TPSA) is 21.3 Å². The number of rotatable bonds is 7. The molecule has 2 nitrogen and oxygen atoms in total. The van der Waals surface area contributed by atoms with Gasteiger partial charge in [0, 0.05) is 0 Å². The highest BCUT2D eigenvalue weighted by Crippen LogP contribution is 2.25. The van der Waals surface area contributed by atoms with Crippen LogP contribution in [-0.4, -0.2) is 25.9 Å². The molecule has 0 saturated carbocycles. The molecule has 0 saturated heterocycles. The van der Waals surface area contributed by atoms with Gasteiger partial charge in [0.1, 0.15) is 6.61 Å². The lowest BCUT2D eigenvalue weighted by Crippen LogP contribution is -2.29. The Hall–Kier alpha value is -1.07. The van der Waals surface area contributed by atoms with Gasteiger partial charge >= 0.3 is 6.18 Å². The van der Waals surface area contributed by atoms with Crippen LogP contribution in [-0.2, 0) is 4.74 Å². The van der Waals surface area contributed by atoms with E-state index in [1.54, 1.807) is 0 Å². The summed E-state index contributed by atoms with van der Waals surface area (Å²) in [6.45, 7) is 7.56. The molecule has 1 rings (SSSR count). The molecular weight excluding hydrogens is 279 g/mol. The summed E-state index contributed by atoms with van der Waals surface area (Å²) >= 11 is 0. The standard InChI is InChI=1S/C16H24F3NO/c1-5-6-20-14(9-21-10-16(17,18)19)15-12(3)7-11(2)8-13(15)4/h7-8,14,20H,5-6,9-10H2,1-4H3. The van der Waals surface area contributed by atoms with E-state index in [4.69, 9.17) is 4.74 Å². The maximum absolute atomic E-state index is 12.2. The molecule has 21 heavy (non-hydrogen) atoms. The van der Waals surface area contributed by atoms with Crippen molar-refractivity contribution in [3.63, 3.8) is 0 Å². The van der Waals surface area contributed by atoms with Crippen molar-refractivity contribution in [3.05, 3.63) is 34.4 Å². The number of halogens is 3. The monoisotopic (exact) mass is 303 g/mol. The first-order chi connectivity index (χ1) is 9.74. The van der Waals surface area contributed by atoms with Crippen LogP contribution < -0.4 is 5.32 Å². The van der Waals surface area contributed by atoms with Gasteiger partial charge in [0.25, 0.3) is 0 Å². The van der Waals surface area contributed by atoms with Crippen LogP contribution in [0.1, 0.15) is 41.6 Å². The minimum absolute atomic E-state index is 0.0181. The molecule has 1 N–H and O–H groups in total. The number of ether oxygens (including phenoxy) is 1. The quantitative estimate of drug-likeness (QED) is 0.814. The van der Waals surface area contributed by atoms with Gasteiger partial charge in [0.05, 0.1) is 12.6 Å². The van der Waals surface area contributed by atoms with Gasteiger partial charge in [0.2, 0.25) is 0 Å². The molecule has 1 unspecified atom stereocenters. The van der Waals surface area contributed by atoms with E-state index in [1.807, 2.05) is 39.8 Å². The lowest BCUT2D eigenvalue weighted by molar-refractivity contribution is -0.175.